The van der Waals surface area contributed by atoms with Gasteiger partial charge in [0, 0.05) is 38.9 Å². The highest BCUT2D eigenvalue weighted by molar-refractivity contribution is 5.30. The van der Waals surface area contributed by atoms with E-state index in [0.29, 0.717) is 0 Å². The van der Waals surface area contributed by atoms with Crippen LogP contribution in [-0.2, 0) is 11.3 Å². The maximum Gasteiger partial charge on any atom is 0.225 e. The average molecular weight is 290 g/mol. The highest BCUT2D eigenvalue weighted by Gasteiger charge is 2.22. The van der Waals surface area contributed by atoms with Gasteiger partial charge in [-0.1, -0.05) is 13.8 Å². The van der Waals surface area contributed by atoms with Gasteiger partial charge >= 0.3 is 0 Å². The van der Waals surface area contributed by atoms with Gasteiger partial charge in [0.05, 0.1) is 18.9 Å². The lowest BCUT2D eigenvalue weighted by molar-refractivity contribution is 0.121. The van der Waals surface area contributed by atoms with Crippen LogP contribution in [0.5, 0.6) is 0 Å². The van der Waals surface area contributed by atoms with Crippen LogP contribution in [0.3, 0.4) is 0 Å². The molecule has 2 atom stereocenters. The second kappa shape index (κ2) is 6.71. The Bertz CT molecular complexity index is 451. The zero-order valence-corrected chi connectivity index (χ0v) is 13.2. The van der Waals surface area contributed by atoms with Gasteiger partial charge in [-0.2, -0.15) is 0 Å². The maximum absolute atomic E-state index is 5.39. The smallest absolute Gasteiger partial charge is 0.225 e. The van der Waals surface area contributed by atoms with E-state index < -0.39 is 0 Å². The number of hydrogen-bond acceptors (Lipinski definition) is 5. The Hall–Kier alpha value is -1.20. The van der Waals surface area contributed by atoms with Crippen LogP contribution in [0, 0.1) is 11.8 Å². The number of ether oxygens (including phenoxy) is 1. The van der Waals surface area contributed by atoms with E-state index in [9.17, 15) is 0 Å². The van der Waals surface area contributed by atoms with Crippen molar-refractivity contribution < 1.29 is 4.74 Å². The Morgan fingerprint density at radius 3 is 2.62 bits per heavy atom. The van der Waals surface area contributed by atoms with E-state index in [2.05, 4.69) is 28.6 Å². The SMILES string of the molecule is C[C@@H]1C[C@H](C)CN(Cc2ccnc(N3CCOCC3)n2)C1. The summed E-state index contributed by atoms with van der Waals surface area (Å²) in [4.78, 5) is 13.9. The van der Waals surface area contributed by atoms with Gasteiger partial charge in [-0.15, -0.1) is 0 Å². The lowest BCUT2D eigenvalue weighted by Gasteiger charge is -2.34. The number of morpholine rings is 1. The lowest BCUT2D eigenvalue weighted by atomic mass is 9.92. The van der Waals surface area contributed by atoms with E-state index in [4.69, 9.17) is 9.72 Å². The molecule has 0 bridgehead atoms. The maximum atomic E-state index is 5.39. The molecular formula is C16H26N4O. The normalized spacial score (nSPS) is 27.8. The summed E-state index contributed by atoms with van der Waals surface area (Å²) in [7, 11) is 0. The van der Waals surface area contributed by atoms with E-state index in [0.717, 1.165) is 56.3 Å². The van der Waals surface area contributed by atoms with Crippen molar-refractivity contribution in [3.63, 3.8) is 0 Å². The van der Waals surface area contributed by atoms with Crippen molar-refractivity contribution in [1.29, 1.82) is 0 Å². The summed E-state index contributed by atoms with van der Waals surface area (Å²) in [6.45, 7) is 11.3. The highest BCUT2D eigenvalue weighted by atomic mass is 16.5. The summed E-state index contributed by atoms with van der Waals surface area (Å²) >= 11 is 0. The minimum absolute atomic E-state index is 0.773. The lowest BCUT2D eigenvalue weighted by Crippen LogP contribution is -2.39. The number of aromatic nitrogens is 2. The Balaban J connectivity index is 1.65. The number of hydrogen-bond donors (Lipinski definition) is 0. The van der Waals surface area contributed by atoms with Gasteiger partial charge < -0.3 is 9.64 Å². The van der Waals surface area contributed by atoms with Crippen molar-refractivity contribution in [2.75, 3.05) is 44.3 Å². The second-order valence-corrected chi connectivity index (χ2v) is 6.59. The summed E-state index contributed by atoms with van der Waals surface area (Å²) in [5, 5.41) is 0. The largest absolute Gasteiger partial charge is 0.378 e. The summed E-state index contributed by atoms with van der Waals surface area (Å²) in [5.74, 6) is 2.43. The zero-order valence-electron chi connectivity index (χ0n) is 13.2. The molecule has 2 saturated heterocycles. The fourth-order valence-corrected chi connectivity index (χ4v) is 3.54. The number of piperidine rings is 1. The molecule has 2 fully saturated rings. The van der Waals surface area contributed by atoms with E-state index >= 15 is 0 Å². The summed E-state index contributed by atoms with van der Waals surface area (Å²) < 4.78 is 5.39. The van der Waals surface area contributed by atoms with Crippen LogP contribution < -0.4 is 4.90 Å². The van der Waals surface area contributed by atoms with Crippen molar-refractivity contribution >= 4 is 5.95 Å². The Morgan fingerprint density at radius 2 is 1.90 bits per heavy atom. The highest BCUT2D eigenvalue weighted by Crippen LogP contribution is 2.22. The fraction of sp³-hybridized carbons (Fsp3) is 0.750. The van der Waals surface area contributed by atoms with Crippen molar-refractivity contribution in [1.82, 2.24) is 14.9 Å². The number of rotatable bonds is 3. The molecule has 0 saturated carbocycles. The van der Waals surface area contributed by atoms with Crippen molar-refractivity contribution in [2.45, 2.75) is 26.8 Å². The molecule has 0 aromatic carbocycles. The van der Waals surface area contributed by atoms with Gasteiger partial charge in [0.1, 0.15) is 0 Å². The van der Waals surface area contributed by atoms with E-state index in [-0.39, 0.29) is 0 Å². The molecule has 0 unspecified atom stereocenters. The number of nitrogens with zero attached hydrogens (tertiary/aromatic N) is 4. The molecule has 0 radical (unpaired) electrons. The van der Waals surface area contributed by atoms with E-state index in [1.54, 1.807) is 0 Å². The molecule has 2 aliphatic heterocycles. The van der Waals surface area contributed by atoms with Crippen LogP contribution in [0.25, 0.3) is 0 Å². The van der Waals surface area contributed by atoms with Crippen LogP contribution in [0.2, 0.25) is 0 Å². The molecule has 5 heteroatoms. The molecule has 0 N–H and O–H groups in total. The van der Waals surface area contributed by atoms with E-state index in [1.165, 1.54) is 19.5 Å². The molecule has 21 heavy (non-hydrogen) atoms. The van der Waals surface area contributed by atoms with Crippen LogP contribution in [0.15, 0.2) is 12.3 Å². The number of anilines is 1. The molecule has 0 amide bonds. The third-order valence-corrected chi connectivity index (χ3v) is 4.32. The fourth-order valence-electron chi connectivity index (χ4n) is 3.54. The minimum Gasteiger partial charge on any atom is -0.378 e. The standard InChI is InChI=1S/C16H26N4O/c1-13-9-14(2)11-19(10-13)12-15-3-4-17-16(18-15)20-5-7-21-8-6-20/h3-4,13-14H,5-12H2,1-2H3/t13-,14+. The Morgan fingerprint density at radius 1 is 1.19 bits per heavy atom. The molecule has 3 heterocycles. The first-order valence-electron chi connectivity index (χ1n) is 8.07. The van der Waals surface area contributed by atoms with Gasteiger partial charge in [0.15, 0.2) is 0 Å². The predicted molar refractivity (Wildman–Crippen MR) is 83.3 cm³/mol. The monoisotopic (exact) mass is 290 g/mol. The van der Waals surface area contributed by atoms with Crippen molar-refractivity contribution in [2.24, 2.45) is 11.8 Å². The van der Waals surface area contributed by atoms with Gasteiger partial charge in [-0.3, -0.25) is 4.90 Å². The third kappa shape index (κ3) is 3.92. The van der Waals surface area contributed by atoms with Gasteiger partial charge in [-0.25, -0.2) is 9.97 Å². The predicted octanol–water partition coefficient (Wildman–Crippen LogP) is 1.79. The Labute approximate surface area is 127 Å². The second-order valence-electron chi connectivity index (χ2n) is 6.59. The molecule has 116 valence electrons. The zero-order chi connectivity index (χ0) is 14.7. The minimum atomic E-state index is 0.773. The van der Waals surface area contributed by atoms with Crippen LogP contribution >= 0.6 is 0 Å². The number of likely N-dealkylation sites (tertiary alicyclic amines) is 1. The van der Waals surface area contributed by atoms with E-state index in [1.807, 2.05) is 12.3 Å². The van der Waals surface area contributed by atoms with Crippen LogP contribution in [0.1, 0.15) is 26.0 Å². The summed E-state index contributed by atoms with van der Waals surface area (Å²) in [6.07, 6.45) is 3.24. The first kappa shape index (κ1) is 14.7. The van der Waals surface area contributed by atoms with Gasteiger partial charge in [-0.05, 0) is 24.3 Å². The molecule has 2 aliphatic rings. The first-order chi connectivity index (χ1) is 10.2. The Kier molecular flexibility index (Phi) is 4.70. The van der Waals surface area contributed by atoms with Gasteiger partial charge in [0.2, 0.25) is 5.95 Å². The molecular weight excluding hydrogens is 264 g/mol. The molecule has 3 rings (SSSR count). The third-order valence-electron chi connectivity index (χ3n) is 4.32. The molecule has 1 aromatic rings. The molecule has 0 spiro atoms. The first-order valence-corrected chi connectivity index (χ1v) is 8.07. The molecule has 1 aromatic heterocycles. The van der Waals surface area contributed by atoms with Crippen LogP contribution in [0.4, 0.5) is 5.95 Å². The average Bonchev–Trinajstić information content (AvgIpc) is 2.47. The molecule has 0 aliphatic carbocycles. The topological polar surface area (TPSA) is 41.5 Å². The van der Waals surface area contributed by atoms with Crippen molar-refractivity contribution in [3.05, 3.63) is 18.0 Å². The summed E-state index contributed by atoms with van der Waals surface area (Å²) in [5.41, 5.74) is 1.13. The quantitative estimate of drug-likeness (QED) is 0.849. The van der Waals surface area contributed by atoms with Crippen molar-refractivity contribution in [3.8, 4) is 0 Å². The van der Waals surface area contributed by atoms with Gasteiger partial charge in [0.25, 0.3) is 0 Å². The molecule has 5 nitrogen and oxygen atoms in total. The summed E-state index contributed by atoms with van der Waals surface area (Å²) in [6, 6.07) is 2.05. The van der Waals surface area contributed by atoms with Crippen LogP contribution in [-0.4, -0.2) is 54.3 Å².